The van der Waals surface area contributed by atoms with Gasteiger partial charge in [0.1, 0.15) is 5.75 Å². The minimum Gasteiger partial charge on any atom is -0.405 e. The summed E-state index contributed by atoms with van der Waals surface area (Å²) in [5, 5.41) is 7.09. The van der Waals surface area contributed by atoms with Crippen LogP contribution >= 0.6 is 0 Å². The molecule has 0 atom stereocenters. The highest BCUT2D eigenvalue weighted by molar-refractivity contribution is 5.62. The largest absolute Gasteiger partial charge is 0.573 e. The highest BCUT2D eigenvalue weighted by atomic mass is 19.4. The van der Waals surface area contributed by atoms with Gasteiger partial charge < -0.3 is 9.47 Å². The van der Waals surface area contributed by atoms with Crippen molar-refractivity contribution in [3.63, 3.8) is 0 Å². The summed E-state index contributed by atoms with van der Waals surface area (Å²) in [5.41, 5.74) is 0.865. The van der Waals surface area contributed by atoms with Crippen LogP contribution in [0, 0.1) is 0 Å². The molecule has 6 nitrogen and oxygen atoms in total. The van der Waals surface area contributed by atoms with Crippen LogP contribution in [0.1, 0.15) is 18.3 Å². The van der Waals surface area contributed by atoms with E-state index in [1.165, 1.54) is 31.6 Å². The van der Waals surface area contributed by atoms with Crippen LogP contribution in [0.15, 0.2) is 30.6 Å². The normalized spacial score (nSPS) is 12.6. The summed E-state index contributed by atoms with van der Waals surface area (Å²) < 4.78 is 74.8. The molecule has 0 unspecified atom stereocenters. The zero-order chi connectivity index (χ0) is 19.8. The second kappa shape index (κ2) is 6.72. The Morgan fingerprint density at radius 3 is 2.48 bits per heavy atom. The topological polar surface area (TPSA) is 61.5 Å². The molecule has 0 bridgehead atoms. The van der Waals surface area contributed by atoms with E-state index in [9.17, 15) is 22.0 Å². The van der Waals surface area contributed by atoms with Crippen molar-refractivity contribution < 1.29 is 31.4 Å². The number of rotatable bonds is 5. The van der Waals surface area contributed by atoms with E-state index in [0.717, 1.165) is 10.5 Å². The Morgan fingerprint density at radius 1 is 1.11 bits per heavy atom. The summed E-state index contributed by atoms with van der Waals surface area (Å²) >= 11 is 0. The first-order valence-electron chi connectivity index (χ1n) is 7.55. The van der Waals surface area contributed by atoms with Crippen LogP contribution in [0.3, 0.4) is 0 Å². The standard InChI is InChI=1S/C16H13F5N4O2/c1-15(17,18)14-24-23-13-6-22-11(7-25(13)14)9-3-4-12(27-16(19,20)21)10(5-9)8-26-2/h3-7H,8H2,1-2H3. The Labute approximate surface area is 149 Å². The van der Waals surface area contributed by atoms with Gasteiger partial charge in [-0.2, -0.15) is 8.78 Å². The van der Waals surface area contributed by atoms with Gasteiger partial charge >= 0.3 is 12.3 Å². The Bertz CT molecular complexity index is 966. The molecule has 3 aromatic rings. The number of alkyl halides is 5. The maximum absolute atomic E-state index is 13.6. The molecule has 0 radical (unpaired) electrons. The van der Waals surface area contributed by atoms with Crippen molar-refractivity contribution in [3.8, 4) is 17.0 Å². The van der Waals surface area contributed by atoms with Crippen molar-refractivity contribution in [2.24, 2.45) is 0 Å². The zero-order valence-corrected chi connectivity index (χ0v) is 14.1. The lowest BCUT2D eigenvalue weighted by atomic mass is 10.1. The van der Waals surface area contributed by atoms with E-state index in [-0.39, 0.29) is 23.5 Å². The van der Waals surface area contributed by atoms with Crippen LogP contribution in [0.25, 0.3) is 16.9 Å². The van der Waals surface area contributed by atoms with Gasteiger partial charge in [-0.15, -0.1) is 23.4 Å². The van der Waals surface area contributed by atoms with E-state index in [4.69, 9.17) is 4.74 Å². The van der Waals surface area contributed by atoms with Gasteiger partial charge in [0.25, 0.3) is 0 Å². The van der Waals surface area contributed by atoms with E-state index >= 15 is 0 Å². The number of aromatic nitrogens is 4. The van der Waals surface area contributed by atoms with Gasteiger partial charge in [-0.05, 0) is 18.2 Å². The van der Waals surface area contributed by atoms with Crippen LogP contribution in [0.2, 0.25) is 0 Å². The molecule has 0 aliphatic rings. The fourth-order valence-corrected chi connectivity index (χ4v) is 2.48. The van der Waals surface area contributed by atoms with Crippen molar-refractivity contribution in [1.29, 1.82) is 0 Å². The van der Waals surface area contributed by atoms with Crippen molar-refractivity contribution in [1.82, 2.24) is 19.6 Å². The monoisotopic (exact) mass is 388 g/mol. The first kappa shape index (κ1) is 19.0. The summed E-state index contributed by atoms with van der Waals surface area (Å²) in [6, 6.07) is 3.83. The number of nitrogens with zero attached hydrogens (tertiary/aromatic N) is 4. The molecule has 27 heavy (non-hydrogen) atoms. The second-order valence-electron chi connectivity index (χ2n) is 5.72. The zero-order valence-electron chi connectivity index (χ0n) is 14.1. The van der Waals surface area contributed by atoms with Crippen LogP contribution in [0.5, 0.6) is 5.75 Å². The first-order chi connectivity index (χ1) is 12.6. The third-order valence-electron chi connectivity index (χ3n) is 3.57. The minimum atomic E-state index is -4.86. The molecule has 0 amide bonds. The maximum atomic E-state index is 13.6. The van der Waals surface area contributed by atoms with Crippen LogP contribution < -0.4 is 4.74 Å². The summed E-state index contributed by atoms with van der Waals surface area (Å²) in [5.74, 6) is -4.22. The molecule has 0 aliphatic carbocycles. The number of benzene rings is 1. The van der Waals surface area contributed by atoms with Crippen molar-refractivity contribution >= 4 is 5.65 Å². The molecule has 0 saturated heterocycles. The average molecular weight is 388 g/mol. The van der Waals surface area contributed by atoms with Gasteiger partial charge in [0.2, 0.25) is 5.82 Å². The SMILES string of the molecule is COCc1cc(-c2cn3c(C(C)(F)F)nnc3cn2)ccc1OC(F)(F)F. The van der Waals surface area contributed by atoms with Crippen molar-refractivity contribution in [2.75, 3.05) is 7.11 Å². The lowest BCUT2D eigenvalue weighted by molar-refractivity contribution is -0.275. The van der Waals surface area contributed by atoms with Gasteiger partial charge in [0.15, 0.2) is 5.65 Å². The molecule has 0 spiro atoms. The summed E-state index contributed by atoms with van der Waals surface area (Å²) in [7, 11) is 1.32. The molecular weight excluding hydrogens is 375 g/mol. The molecule has 0 aliphatic heterocycles. The number of hydrogen-bond acceptors (Lipinski definition) is 5. The smallest absolute Gasteiger partial charge is 0.405 e. The van der Waals surface area contributed by atoms with Gasteiger partial charge in [0, 0.05) is 31.4 Å². The van der Waals surface area contributed by atoms with E-state index in [0.29, 0.717) is 12.5 Å². The highest BCUT2D eigenvalue weighted by Crippen LogP contribution is 2.31. The third kappa shape index (κ3) is 4.13. The third-order valence-corrected chi connectivity index (χ3v) is 3.57. The summed E-state index contributed by atoms with van der Waals surface area (Å²) in [6.07, 6.45) is -2.32. The molecule has 11 heteroatoms. The van der Waals surface area contributed by atoms with Crippen molar-refractivity contribution in [3.05, 3.63) is 42.0 Å². The predicted molar refractivity (Wildman–Crippen MR) is 83.2 cm³/mol. The molecule has 0 saturated carbocycles. The Kier molecular flexibility index (Phi) is 4.72. The van der Waals surface area contributed by atoms with Gasteiger partial charge in [-0.25, -0.2) is 0 Å². The number of fused-ring (bicyclic) bond motifs is 1. The molecule has 0 N–H and O–H groups in total. The molecule has 2 aromatic heterocycles. The number of ether oxygens (including phenoxy) is 2. The molecule has 2 heterocycles. The molecule has 0 fully saturated rings. The fraction of sp³-hybridized carbons (Fsp3) is 0.312. The molecule has 3 rings (SSSR count). The van der Waals surface area contributed by atoms with E-state index in [1.807, 2.05) is 0 Å². The highest BCUT2D eigenvalue weighted by Gasteiger charge is 2.33. The summed E-state index contributed by atoms with van der Waals surface area (Å²) in [4.78, 5) is 4.11. The van der Waals surface area contributed by atoms with Gasteiger partial charge in [-0.3, -0.25) is 9.38 Å². The maximum Gasteiger partial charge on any atom is 0.573 e. The van der Waals surface area contributed by atoms with E-state index in [1.54, 1.807) is 0 Å². The lowest BCUT2D eigenvalue weighted by Gasteiger charge is -2.14. The van der Waals surface area contributed by atoms with Crippen LogP contribution in [0.4, 0.5) is 22.0 Å². The second-order valence-corrected chi connectivity index (χ2v) is 5.72. The lowest BCUT2D eigenvalue weighted by Crippen LogP contribution is -2.18. The molecular formula is C16H13F5N4O2. The number of hydrogen-bond donors (Lipinski definition) is 0. The quantitative estimate of drug-likeness (QED) is 0.620. The molecule has 144 valence electrons. The predicted octanol–water partition coefficient (Wildman–Crippen LogP) is 3.95. The molecule has 1 aromatic carbocycles. The number of methoxy groups -OCH3 is 1. The van der Waals surface area contributed by atoms with E-state index < -0.39 is 23.9 Å². The Hall–Kier alpha value is -2.82. The minimum absolute atomic E-state index is 0.115. The Balaban J connectivity index is 2.06. The van der Waals surface area contributed by atoms with Crippen molar-refractivity contribution in [2.45, 2.75) is 25.8 Å². The number of halogens is 5. The van der Waals surface area contributed by atoms with Crippen LogP contribution in [-0.2, 0) is 17.3 Å². The van der Waals surface area contributed by atoms with Gasteiger partial charge in [-0.1, -0.05) is 0 Å². The Morgan fingerprint density at radius 2 is 1.85 bits per heavy atom. The van der Waals surface area contributed by atoms with Gasteiger partial charge in [0.05, 0.1) is 18.5 Å². The summed E-state index contributed by atoms with van der Waals surface area (Å²) in [6.45, 7) is 0.538. The van der Waals surface area contributed by atoms with Crippen LogP contribution in [-0.4, -0.2) is 33.1 Å². The first-order valence-corrected chi connectivity index (χ1v) is 7.55. The van der Waals surface area contributed by atoms with E-state index in [2.05, 4.69) is 19.9 Å². The average Bonchev–Trinajstić information content (AvgIpc) is 2.98. The fourth-order valence-electron chi connectivity index (χ4n) is 2.48.